The number of hydrogen-bond acceptors (Lipinski definition) is 1. The van der Waals surface area contributed by atoms with E-state index in [0.717, 1.165) is 6.04 Å². The molecule has 0 aromatic heterocycles. The fraction of sp³-hybridized carbons (Fsp3) is 0.900. The van der Waals surface area contributed by atoms with Crippen LogP contribution in [-0.4, -0.2) is 11.8 Å². The molecular weight excluding hydrogens is 134 g/mol. The SMILES string of the molecule is C1CCC(=NC2CCCC2)C1. The lowest BCUT2D eigenvalue weighted by Crippen LogP contribution is -2.01. The summed E-state index contributed by atoms with van der Waals surface area (Å²) in [6, 6.07) is 0.725. The van der Waals surface area contributed by atoms with Gasteiger partial charge in [-0.05, 0) is 38.5 Å². The summed E-state index contributed by atoms with van der Waals surface area (Å²) in [7, 11) is 0. The summed E-state index contributed by atoms with van der Waals surface area (Å²) in [6.07, 6.45) is 11.0. The molecule has 0 aromatic rings. The summed E-state index contributed by atoms with van der Waals surface area (Å²) in [5, 5.41) is 0. The van der Waals surface area contributed by atoms with Gasteiger partial charge in [0.2, 0.25) is 0 Å². The molecule has 0 heterocycles. The van der Waals surface area contributed by atoms with Gasteiger partial charge in [-0.1, -0.05) is 12.8 Å². The molecule has 0 amide bonds. The van der Waals surface area contributed by atoms with Crippen LogP contribution in [0.3, 0.4) is 0 Å². The van der Waals surface area contributed by atoms with Crippen molar-refractivity contribution >= 4 is 5.71 Å². The molecule has 1 heteroatoms. The van der Waals surface area contributed by atoms with Crippen LogP contribution in [-0.2, 0) is 0 Å². The lowest BCUT2D eigenvalue weighted by atomic mass is 10.2. The van der Waals surface area contributed by atoms with E-state index >= 15 is 0 Å². The van der Waals surface area contributed by atoms with E-state index in [1.54, 1.807) is 0 Å². The first-order chi connectivity index (χ1) is 5.45. The maximum Gasteiger partial charge on any atom is 0.0499 e. The van der Waals surface area contributed by atoms with Crippen molar-refractivity contribution in [3.8, 4) is 0 Å². The lowest BCUT2D eigenvalue weighted by Gasteiger charge is -2.03. The summed E-state index contributed by atoms with van der Waals surface area (Å²) in [5.74, 6) is 0. The van der Waals surface area contributed by atoms with Crippen molar-refractivity contribution in [1.29, 1.82) is 0 Å². The second kappa shape index (κ2) is 3.38. The van der Waals surface area contributed by atoms with E-state index in [2.05, 4.69) is 0 Å². The molecule has 2 aliphatic carbocycles. The highest BCUT2D eigenvalue weighted by Crippen LogP contribution is 2.24. The van der Waals surface area contributed by atoms with Gasteiger partial charge in [0.05, 0.1) is 0 Å². The van der Waals surface area contributed by atoms with Gasteiger partial charge in [-0.15, -0.1) is 0 Å². The first kappa shape index (κ1) is 7.33. The van der Waals surface area contributed by atoms with Crippen molar-refractivity contribution in [3.63, 3.8) is 0 Å². The zero-order chi connectivity index (χ0) is 7.52. The first-order valence-electron chi connectivity index (χ1n) is 5.01. The van der Waals surface area contributed by atoms with Crippen LogP contribution in [0.4, 0.5) is 0 Å². The zero-order valence-corrected chi connectivity index (χ0v) is 7.18. The largest absolute Gasteiger partial charge is 0.291 e. The Hall–Kier alpha value is -0.330. The van der Waals surface area contributed by atoms with E-state index in [1.807, 2.05) is 0 Å². The van der Waals surface area contributed by atoms with E-state index in [0.29, 0.717) is 0 Å². The number of nitrogens with zero attached hydrogens (tertiary/aromatic N) is 1. The van der Waals surface area contributed by atoms with E-state index in [-0.39, 0.29) is 0 Å². The van der Waals surface area contributed by atoms with Crippen LogP contribution in [0.25, 0.3) is 0 Å². The number of aliphatic imine (C=N–C) groups is 1. The minimum Gasteiger partial charge on any atom is -0.291 e. The van der Waals surface area contributed by atoms with Crippen LogP contribution >= 0.6 is 0 Å². The number of hydrogen-bond donors (Lipinski definition) is 0. The van der Waals surface area contributed by atoms with Crippen LogP contribution < -0.4 is 0 Å². The molecule has 0 N–H and O–H groups in total. The molecule has 2 saturated carbocycles. The van der Waals surface area contributed by atoms with Gasteiger partial charge < -0.3 is 0 Å². The highest BCUT2D eigenvalue weighted by atomic mass is 14.8. The van der Waals surface area contributed by atoms with E-state index in [4.69, 9.17) is 4.99 Å². The Morgan fingerprint density at radius 2 is 1.55 bits per heavy atom. The molecule has 0 spiro atoms. The number of rotatable bonds is 1. The van der Waals surface area contributed by atoms with Gasteiger partial charge in [-0.25, -0.2) is 0 Å². The fourth-order valence-electron chi connectivity index (χ4n) is 2.20. The quantitative estimate of drug-likeness (QED) is 0.546. The third-order valence-corrected chi connectivity index (χ3v) is 2.87. The molecule has 2 rings (SSSR count). The Morgan fingerprint density at radius 1 is 0.909 bits per heavy atom. The molecule has 62 valence electrons. The van der Waals surface area contributed by atoms with Crippen LogP contribution in [0.1, 0.15) is 51.4 Å². The van der Waals surface area contributed by atoms with Crippen molar-refractivity contribution in [2.24, 2.45) is 4.99 Å². The van der Waals surface area contributed by atoms with E-state index in [1.165, 1.54) is 57.1 Å². The van der Waals surface area contributed by atoms with Gasteiger partial charge >= 0.3 is 0 Å². The third kappa shape index (κ3) is 1.82. The Balaban J connectivity index is 1.89. The predicted molar refractivity (Wildman–Crippen MR) is 48.2 cm³/mol. The Labute approximate surface area is 68.9 Å². The minimum atomic E-state index is 0.725. The summed E-state index contributed by atoms with van der Waals surface area (Å²) in [4.78, 5) is 4.79. The molecule has 0 bridgehead atoms. The molecule has 0 aliphatic heterocycles. The minimum absolute atomic E-state index is 0.725. The molecule has 0 unspecified atom stereocenters. The normalized spacial score (nSPS) is 26.4. The smallest absolute Gasteiger partial charge is 0.0499 e. The molecule has 11 heavy (non-hydrogen) atoms. The summed E-state index contributed by atoms with van der Waals surface area (Å²) >= 11 is 0. The van der Waals surface area contributed by atoms with Gasteiger partial charge in [-0.3, -0.25) is 4.99 Å². The van der Waals surface area contributed by atoms with Crippen molar-refractivity contribution in [3.05, 3.63) is 0 Å². The van der Waals surface area contributed by atoms with Crippen molar-refractivity contribution < 1.29 is 0 Å². The molecule has 0 radical (unpaired) electrons. The van der Waals surface area contributed by atoms with Crippen molar-refractivity contribution in [1.82, 2.24) is 0 Å². The standard InChI is InChI=1S/C10H17N/c1-2-6-9(5-1)11-10-7-3-4-8-10/h9H,1-8H2. The third-order valence-electron chi connectivity index (χ3n) is 2.87. The van der Waals surface area contributed by atoms with Crippen LogP contribution in [0, 0.1) is 0 Å². The van der Waals surface area contributed by atoms with Crippen LogP contribution in [0.2, 0.25) is 0 Å². The zero-order valence-electron chi connectivity index (χ0n) is 7.18. The summed E-state index contributed by atoms with van der Waals surface area (Å²) in [5.41, 5.74) is 1.52. The highest BCUT2D eigenvalue weighted by molar-refractivity contribution is 5.86. The average Bonchev–Trinajstić information content (AvgIpc) is 2.60. The van der Waals surface area contributed by atoms with Gasteiger partial charge in [0.25, 0.3) is 0 Å². The van der Waals surface area contributed by atoms with Gasteiger partial charge in [0, 0.05) is 11.8 Å². The second-order valence-corrected chi connectivity index (χ2v) is 3.84. The molecular formula is C10H17N. The topological polar surface area (TPSA) is 12.4 Å². The maximum absolute atomic E-state index is 4.79. The molecule has 0 aromatic carbocycles. The van der Waals surface area contributed by atoms with Gasteiger partial charge in [0.15, 0.2) is 0 Å². The Bertz CT molecular complexity index is 146. The highest BCUT2D eigenvalue weighted by Gasteiger charge is 2.15. The van der Waals surface area contributed by atoms with Gasteiger partial charge in [-0.2, -0.15) is 0 Å². The van der Waals surface area contributed by atoms with Gasteiger partial charge in [0.1, 0.15) is 0 Å². The first-order valence-corrected chi connectivity index (χ1v) is 5.01. The summed E-state index contributed by atoms with van der Waals surface area (Å²) in [6.45, 7) is 0. The van der Waals surface area contributed by atoms with E-state index < -0.39 is 0 Å². The monoisotopic (exact) mass is 151 g/mol. The van der Waals surface area contributed by atoms with Crippen molar-refractivity contribution in [2.45, 2.75) is 57.4 Å². The molecule has 2 aliphatic rings. The maximum atomic E-state index is 4.79. The Morgan fingerprint density at radius 3 is 2.18 bits per heavy atom. The molecule has 0 atom stereocenters. The fourth-order valence-corrected chi connectivity index (χ4v) is 2.20. The van der Waals surface area contributed by atoms with Crippen LogP contribution in [0.5, 0.6) is 0 Å². The average molecular weight is 151 g/mol. The molecule has 1 nitrogen and oxygen atoms in total. The summed E-state index contributed by atoms with van der Waals surface area (Å²) < 4.78 is 0. The molecule has 2 fully saturated rings. The Kier molecular flexibility index (Phi) is 2.25. The van der Waals surface area contributed by atoms with E-state index in [9.17, 15) is 0 Å². The van der Waals surface area contributed by atoms with Crippen LogP contribution in [0.15, 0.2) is 4.99 Å². The lowest BCUT2D eigenvalue weighted by molar-refractivity contribution is 0.703. The van der Waals surface area contributed by atoms with Crippen molar-refractivity contribution in [2.75, 3.05) is 0 Å². The second-order valence-electron chi connectivity index (χ2n) is 3.84. The molecule has 0 saturated heterocycles. The predicted octanol–water partition coefficient (Wildman–Crippen LogP) is 2.94.